The van der Waals surface area contributed by atoms with E-state index in [9.17, 15) is 19.5 Å². The monoisotopic (exact) mass is 416 g/mol. The van der Waals surface area contributed by atoms with Crippen molar-refractivity contribution in [2.45, 2.75) is 58.7 Å². The van der Waals surface area contributed by atoms with Crippen molar-refractivity contribution in [1.82, 2.24) is 0 Å². The maximum Gasteiger partial charge on any atom is 0.303 e. The van der Waals surface area contributed by atoms with E-state index in [1.165, 1.54) is 19.1 Å². The van der Waals surface area contributed by atoms with Gasteiger partial charge in [-0.15, -0.1) is 0 Å². The van der Waals surface area contributed by atoms with Crippen LogP contribution in [0, 0.1) is 28.6 Å². The van der Waals surface area contributed by atoms with Crippen LogP contribution in [-0.4, -0.2) is 41.0 Å². The van der Waals surface area contributed by atoms with Gasteiger partial charge >= 0.3 is 5.97 Å². The van der Waals surface area contributed by atoms with Gasteiger partial charge in [-0.3, -0.25) is 14.4 Å². The fraction of sp³-hybridized carbons (Fsp3) is 0.625. The third kappa shape index (κ3) is 2.52. The molecule has 0 aromatic heterocycles. The van der Waals surface area contributed by atoms with E-state index in [0.717, 1.165) is 5.57 Å². The number of aliphatic hydroxyl groups excluding tert-OH is 1. The Balaban J connectivity index is 1.85. The molecule has 0 aromatic rings. The normalized spacial score (nSPS) is 44.4. The summed E-state index contributed by atoms with van der Waals surface area (Å²) < 4.78 is 21.1. The number of ether oxygens (including phenoxy) is 1. The highest BCUT2D eigenvalue weighted by Gasteiger charge is 2.70. The standard InChI is InChI=1S/C24H29FO5/c1-13-9-18-16-11-20(25)19-10-15(28)5-7-22(19,3)17(16)6-8-23(18,4)24(13,21(29)12-26)30-14(2)27/h5-7,10,13,16,18,20,26H,8-9,11-12H2,1-4H3/t13-,16+,18-,20-,22+,23-,24+/m0/s1. The first-order valence-electron chi connectivity index (χ1n) is 10.6. The second-order valence-electron chi connectivity index (χ2n) is 9.78. The molecule has 0 aliphatic heterocycles. The van der Waals surface area contributed by atoms with E-state index < -0.39 is 41.0 Å². The molecule has 0 saturated heterocycles. The van der Waals surface area contributed by atoms with E-state index in [1.54, 1.807) is 6.08 Å². The molecule has 1 N–H and O–H groups in total. The molecule has 0 heterocycles. The molecule has 0 unspecified atom stereocenters. The van der Waals surface area contributed by atoms with Gasteiger partial charge in [0.25, 0.3) is 0 Å². The lowest BCUT2D eigenvalue weighted by atomic mass is 9.51. The van der Waals surface area contributed by atoms with Crippen LogP contribution in [0.3, 0.4) is 0 Å². The highest BCUT2D eigenvalue weighted by Crippen LogP contribution is 2.67. The number of ketones is 2. The van der Waals surface area contributed by atoms with Crippen LogP contribution in [0.5, 0.6) is 0 Å². The first-order chi connectivity index (χ1) is 14.0. The number of allylic oxidation sites excluding steroid dienone is 6. The van der Waals surface area contributed by atoms with Gasteiger partial charge in [-0.2, -0.15) is 0 Å². The molecule has 0 aromatic carbocycles. The van der Waals surface area contributed by atoms with E-state index in [2.05, 4.69) is 6.08 Å². The summed E-state index contributed by atoms with van der Waals surface area (Å²) in [5, 5.41) is 9.73. The van der Waals surface area contributed by atoms with Gasteiger partial charge in [0.05, 0.1) is 0 Å². The molecular formula is C24H29FO5. The van der Waals surface area contributed by atoms with Crippen LogP contribution in [0.1, 0.15) is 47.0 Å². The quantitative estimate of drug-likeness (QED) is 0.564. The Morgan fingerprint density at radius 2 is 1.97 bits per heavy atom. The smallest absolute Gasteiger partial charge is 0.303 e. The molecule has 7 atom stereocenters. The van der Waals surface area contributed by atoms with Crippen LogP contribution in [0.4, 0.5) is 4.39 Å². The number of rotatable bonds is 3. The molecule has 30 heavy (non-hydrogen) atoms. The number of carbonyl (C=O) groups is 3. The fourth-order valence-electron chi connectivity index (χ4n) is 7.07. The lowest BCUT2D eigenvalue weighted by Gasteiger charge is -2.54. The first-order valence-corrected chi connectivity index (χ1v) is 10.6. The number of esters is 1. The molecular weight excluding hydrogens is 387 g/mol. The van der Waals surface area contributed by atoms with Gasteiger partial charge in [-0.25, -0.2) is 4.39 Å². The van der Waals surface area contributed by atoms with Crippen LogP contribution in [0.2, 0.25) is 0 Å². The number of hydrogen-bond donors (Lipinski definition) is 1. The maximum atomic E-state index is 15.3. The predicted octanol–water partition coefficient (Wildman–Crippen LogP) is 3.27. The number of hydrogen-bond acceptors (Lipinski definition) is 5. The summed E-state index contributed by atoms with van der Waals surface area (Å²) in [5.74, 6) is -1.75. The number of Topliss-reactive ketones (excluding diaryl/α,β-unsaturated/α-hetero) is 1. The van der Waals surface area contributed by atoms with E-state index in [4.69, 9.17) is 4.74 Å². The van der Waals surface area contributed by atoms with Crippen LogP contribution in [0.25, 0.3) is 0 Å². The molecule has 0 radical (unpaired) electrons. The second kappa shape index (κ2) is 6.71. The van der Waals surface area contributed by atoms with E-state index in [0.29, 0.717) is 18.4 Å². The average Bonchev–Trinajstić information content (AvgIpc) is 2.90. The van der Waals surface area contributed by atoms with Crippen molar-refractivity contribution in [3.63, 3.8) is 0 Å². The van der Waals surface area contributed by atoms with Crippen molar-refractivity contribution in [1.29, 1.82) is 0 Å². The lowest BCUT2D eigenvalue weighted by molar-refractivity contribution is -0.188. The molecule has 4 rings (SSSR count). The minimum absolute atomic E-state index is 0.0787. The van der Waals surface area contributed by atoms with E-state index in [1.807, 2.05) is 20.8 Å². The number of aliphatic hydroxyl groups is 1. The largest absolute Gasteiger partial charge is 0.450 e. The summed E-state index contributed by atoms with van der Waals surface area (Å²) in [6.45, 7) is 6.34. The Kier molecular flexibility index (Phi) is 4.73. The second-order valence-corrected chi connectivity index (χ2v) is 9.78. The summed E-state index contributed by atoms with van der Waals surface area (Å²) in [4.78, 5) is 36.9. The zero-order valence-corrected chi connectivity index (χ0v) is 17.9. The minimum atomic E-state index is -1.43. The van der Waals surface area contributed by atoms with Gasteiger partial charge in [0.1, 0.15) is 12.8 Å². The summed E-state index contributed by atoms with van der Waals surface area (Å²) >= 11 is 0. The summed E-state index contributed by atoms with van der Waals surface area (Å²) in [6.07, 6.45) is 6.85. The topological polar surface area (TPSA) is 80.7 Å². The van der Waals surface area contributed by atoms with E-state index in [-0.39, 0.29) is 30.0 Å². The van der Waals surface area contributed by atoms with Crippen LogP contribution in [0.15, 0.2) is 35.5 Å². The zero-order chi connectivity index (χ0) is 22.1. The van der Waals surface area contributed by atoms with Gasteiger partial charge < -0.3 is 9.84 Å². The molecule has 162 valence electrons. The van der Waals surface area contributed by atoms with Crippen molar-refractivity contribution < 1.29 is 28.6 Å². The highest BCUT2D eigenvalue weighted by atomic mass is 19.1. The molecule has 6 heteroatoms. The Morgan fingerprint density at radius 3 is 2.60 bits per heavy atom. The average molecular weight is 416 g/mol. The van der Waals surface area contributed by atoms with Gasteiger partial charge in [-0.1, -0.05) is 31.6 Å². The zero-order valence-electron chi connectivity index (χ0n) is 17.9. The summed E-state index contributed by atoms with van der Waals surface area (Å²) in [6, 6.07) is 0. The maximum absolute atomic E-state index is 15.3. The van der Waals surface area contributed by atoms with Gasteiger partial charge in [0, 0.05) is 23.7 Å². The number of halogens is 1. The van der Waals surface area contributed by atoms with Crippen molar-refractivity contribution in [2.75, 3.05) is 6.61 Å². The Morgan fingerprint density at radius 1 is 1.27 bits per heavy atom. The minimum Gasteiger partial charge on any atom is -0.450 e. The van der Waals surface area contributed by atoms with Crippen molar-refractivity contribution >= 4 is 17.5 Å². The van der Waals surface area contributed by atoms with Crippen LogP contribution < -0.4 is 0 Å². The molecule has 0 spiro atoms. The molecule has 4 aliphatic carbocycles. The van der Waals surface area contributed by atoms with Crippen molar-refractivity contribution in [2.24, 2.45) is 28.6 Å². The summed E-state index contributed by atoms with van der Waals surface area (Å²) in [7, 11) is 0. The Labute approximate surface area is 176 Å². The molecule has 5 nitrogen and oxygen atoms in total. The molecule has 2 fully saturated rings. The number of fused-ring (bicyclic) bond motifs is 5. The SMILES string of the molecule is CC(=O)O[C@@]1(C(=O)CO)[C@@H](C)C[C@H]2[C@@H]3C[C@H](F)C4=CC(=O)C=C[C@]4(C)C3=CC[C@@]21C. The Bertz CT molecular complexity index is 917. The van der Waals surface area contributed by atoms with Crippen molar-refractivity contribution in [3.05, 3.63) is 35.5 Å². The third-order valence-corrected chi connectivity index (χ3v) is 8.34. The summed E-state index contributed by atoms with van der Waals surface area (Å²) in [5.41, 5.74) is -1.24. The predicted molar refractivity (Wildman–Crippen MR) is 108 cm³/mol. The lowest BCUT2D eigenvalue weighted by Crippen LogP contribution is -2.60. The van der Waals surface area contributed by atoms with Gasteiger partial charge in [0.2, 0.25) is 5.78 Å². The van der Waals surface area contributed by atoms with Gasteiger partial charge in [0.15, 0.2) is 11.4 Å². The van der Waals surface area contributed by atoms with E-state index >= 15 is 4.39 Å². The molecule has 2 saturated carbocycles. The fourth-order valence-corrected chi connectivity index (χ4v) is 7.07. The number of alkyl halides is 1. The van der Waals surface area contributed by atoms with Gasteiger partial charge in [-0.05, 0) is 55.7 Å². The number of carbonyl (C=O) groups excluding carboxylic acids is 3. The molecule has 0 bridgehead atoms. The molecule has 4 aliphatic rings. The first kappa shape index (κ1) is 21.2. The third-order valence-electron chi connectivity index (χ3n) is 8.34. The van der Waals surface area contributed by atoms with Crippen LogP contribution in [-0.2, 0) is 19.1 Å². The van der Waals surface area contributed by atoms with Crippen molar-refractivity contribution in [3.8, 4) is 0 Å². The highest BCUT2D eigenvalue weighted by molar-refractivity contribution is 6.01. The van der Waals surface area contributed by atoms with Crippen LogP contribution >= 0.6 is 0 Å². The molecule has 0 amide bonds. The Hall–Kier alpha value is -2.08.